The summed E-state index contributed by atoms with van der Waals surface area (Å²) in [6, 6.07) is 11.7. The van der Waals surface area contributed by atoms with Gasteiger partial charge in [-0.1, -0.05) is 36.7 Å². The number of aryl methyl sites for hydroxylation is 1. The molecule has 0 aliphatic heterocycles. The van der Waals surface area contributed by atoms with Gasteiger partial charge < -0.3 is 9.52 Å². The second-order valence-corrected chi connectivity index (χ2v) is 6.12. The van der Waals surface area contributed by atoms with E-state index in [9.17, 15) is 14.7 Å². The molecule has 5 heteroatoms. The Balaban J connectivity index is 2.13. The van der Waals surface area contributed by atoms with Crippen molar-refractivity contribution in [1.82, 2.24) is 0 Å². The zero-order valence-corrected chi connectivity index (χ0v) is 13.9. The van der Waals surface area contributed by atoms with Crippen molar-refractivity contribution in [1.29, 1.82) is 0 Å². The first kappa shape index (κ1) is 16.3. The van der Waals surface area contributed by atoms with E-state index in [2.05, 4.69) is 0 Å². The maximum Gasteiger partial charge on any atom is 0.343 e. The average molecular weight is 343 g/mol. The van der Waals surface area contributed by atoms with E-state index in [1.165, 1.54) is 0 Å². The van der Waals surface area contributed by atoms with E-state index in [-0.39, 0.29) is 22.7 Å². The summed E-state index contributed by atoms with van der Waals surface area (Å²) in [6.07, 6.45) is 0. The third-order valence-corrected chi connectivity index (χ3v) is 4.35. The minimum Gasteiger partial charge on any atom is -0.507 e. The maximum atomic E-state index is 12.7. The maximum absolute atomic E-state index is 12.7. The van der Waals surface area contributed by atoms with Crippen LogP contribution in [0.4, 0.5) is 0 Å². The van der Waals surface area contributed by atoms with E-state index >= 15 is 0 Å². The summed E-state index contributed by atoms with van der Waals surface area (Å²) in [5.74, 6) is -1.46. The number of halogens is 1. The lowest BCUT2D eigenvalue weighted by atomic mass is 9.91. The number of hydrogen-bond donors (Lipinski definition) is 1. The second-order valence-electron chi connectivity index (χ2n) is 5.72. The molecule has 0 aliphatic rings. The minimum absolute atomic E-state index is 0.0599. The number of carbonyl (C=O) groups is 1. The zero-order chi connectivity index (χ0) is 17.4. The van der Waals surface area contributed by atoms with E-state index in [1.807, 2.05) is 6.92 Å². The molecule has 3 rings (SSSR count). The fourth-order valence-electron chi connectivity index (χ4n) is 2.71. The van der Waals surface area contributed by atoms with Crippen LogP contribution in [0.2, 0.25) is 5.02 Å². The number of carbonyl (C=O) groups excluding carboxylic acids is 1. The number of Topliss-reactive ketones (excluding diaryl/α,β-unsaturated/α-hetero) is 1. The molecule has 0 spiro atoms. The molecule has 3 aromatic rings. The zero-order valence-electron chi connectivity index (χ0n) is 13.2. The summed E-state index contributed by atoms with van der Waals surface area (Å²) in [5.41, 5.74) is 0.724. The number of fused-ring (bicyclic) bond motifs is 1. The molecule has 1 atom stereocenters. The van der Waals surface area contributed by atoms with Crippen LogP contribution >= 0.6 is 11.6 Å². The first-order chi connectivity index (χ1) is 11.4. The van der Waals surface area contributed by atoms with Gasteiger partial charge in [-0.3, -0.25) is 4.79 Å². The van der Waals surface area contributed by atoms with E-state index in [0.717, 1.165) is 5.56 Å². The quantitative estimate of drug-likeness (QED) is 0.564. The molecule has 0 saturated carbocycles. The first-order valence-electron chi connectivity index (χ1n) is 7.45. The lowest BCUT2D eigenvalue weighted by molar-refractivity contribution is 0.0963. The number of rotatable bonds is 3. The second kappa shape index (κ2) is 6.13. The Morgan fingerprint density at radius 3 is 2.62 bits per heavy atom. The van der Waals surface area contributed by atoms with Crippen LogP contribution in [0, 0.1) is 6.92 Å². The van der Waals surface area contributed by atoms with Gasteiger partial charge in [0.15, 0.2) is 5.78 Å². The van der Waals surface area contributed by atoms with Gasteiger partial charge in [-0.2, -0.15) is 0 Å². The van der Waals surface area contributed by atoms with Crippen LogP contribution in [-0.2, 0) is 0 Å². The van der Waals surface area contributed by atoms with Crippen LogP contribution in [0.3, 0.4) is 0 Å². The van der Waals surface area contributed by atoms with Crippen molar-refractivity contribution in [3.05, 3.63) is 74.6 Å². The molecule has 0 amide bonds. The predicted molar refractivity (Wildman–Crippen MR) is 93.1 cm³/mol. The molecule has 1 N–H and O–H groups in total. The van der Waals surface area contributed by atoms with Crippen molar-refractivity contribution >= 4 is 28.4 Å². The van der Waals surface area contributed by atoms with Gasteiger partial charge in [0.05, 0.1) is 21.9 Å². The minimum atomic E-state index is -0.883. The Kier molecular flexibility index (Phi) is 4.16. The lowest BCUT2D eigenvalue weighted by Crippen LogP contribution is -2.18. The summed E-state index contributed by atoms with van der Waals surface area (Å²) < 4.78 is 5.23. The van der Waals surface area contributed by atoms with Crippen LogP contribution in [0.15, 0.2) is 51.7 Å². The highest BCUT2D eigenvalue weighted by Crippen LogP contribution is 2.33. The Bertz CT molecular complexity index is 1000. The highest BCUT2D eigenvalue weighted by molar-refractivity contribution is 6.34. The van der Waals surface area contributed by atoms with Crippen LogP contribution < -0.4 is 5.63 Å². The van der Waals surface area contributed by atoms with Crippen molar-refractivity contribution in [3.8, 4) is 5.75 Å². The molecule has 0 unspecified atom stereocenters. The van der Waals surface area contributed by atoms with Crippen molar-refractivity contribution in [2.75, 3.05) is 0 Å². The monoisotopic (exact) mass is 342 g/mol. The smallest absolute Gasteiger partial charge is 0.343 e. The normalized spacial score (nSPS) is 12.3. The molecule has 0 saturated heterocycles. The molecular formula is C19H15ClO4. The van der Waals surface area contributed by atoms with Gasteiger partial charge >= 0.3 is 5.63 Å². The summed E-state index contributed by atoms with van der Waals surface area (Å²) >= 11 is 6.15. The van der Waals surface area contributed by atoms with Crippen LogP contribution in [0.1, 0.15) is 34.3 Å². The number of para-hydroxylation sites is 1. The average Bonchev–Trinajstić information content (AvgIpc) is 2.54. The Labute approximate surface area is 143 Å². The van der Waals surface area contributed by atoms with Crippen LogP contribution in [-0.4, -0.2) is 10.9 Å². The van der Waals surface area contributed by atoms with E-state index in [1.54, 1.807) is 49.4 Å². The molecule has 4 nitrogen and oxygen atoms in total. The molecule has 0 radical (unpaired) electrons. The van der Waals surface area contributed by atoms with Crippen molar-refractivity contribution < 1.29 is 14.3 Å². The van der Waals surface area contributed by atoms with Gasteiger partial charge in [-0.15, -0.1) is 0 Å². The van der Waals surface area contributed by atoms with Crippen LogP contribution in [0.5, 0.6) is 5.75 Å². The topological polar surface area (TPSA) is 67.5 Å². The van der Waals surface area contributed by atoms with Gasteiger partial charge in [0.1, 0.15) is 11.3 Å². The molecule has 0 fully saturated rings. The molecule has 0 aliphatic carbocycles. The summed E-state index contributed by atoms with van der Waals surface area (Å²) in [5, 5.41) is 11.2. The van der Waals surface area contributed by atoms with Gasteiger partial charge in [0.2, 0.25) is 0 Å². The van der Waals surface area contributed by atoms with E-state index < -0.39 is 11.5 Å². The summed E-state index contributed by atoms with van der Waals surface area (Å²) in [4.78, 5) is 25.0. The van der Waals surface area contributed by atoms with Crippen molar-refractivity contribution in [2.45, 2.75) is 19.8 Å². The summed E-state index contributed by atoms with van der Waals surface area (Å²) in [6.45, 7) is 3.42. The third kappa shape index (κ3) is 2.69. The molecule has 2 aromatic carbocycles. The molecule has 0 bridgehead atoms. The number of ketones is 1. The Morgan fingerprint density at radius 2 is 1.92 bits per heavy atom. The molecule has 122 valence electrons. The largest absolute Gasteiger partial charge is 0.507 e. The third-order valence-electron chi connectivity index (χ3n) is 4.04. The summed E-state index contributed by atoms with van der Waals surface area (Å²) in [7, 11) is 0. The fraction of sp³-hybridized carbons (Fsp3) is 0.158. The number of aromatic hydroxyl groups is 1. The molecular weight excluding hydrogens is 328 g/mol. The SMILES string of the molecule is Cc1ccc(C(=O)[C@@H](C)c2c(O)c3ccccc3oc2=O)c(Cl)c1. The standard InChI is InChI=1S/C19H15ClO4/c1-10-7-8-12(14(20)9-10)17(21)11(2)16-18(22)13-5-3-4-6-15(13)24-19(16)23/h3-9,11,22H,1-2H3/t11-/m0/s1. The highest BCUT2D eigenvalue weighted by Gasteiger charge is 2.27. The van der Waals surface area contributed by atoms with Gasteiger partial charge in [0.25, 0.3) is 0 Å². The van der Waals surface area contributed by atoms with Gasteiger partial charge in [-0.05, 0) is 36.8 Å². The predicted octanol–water partition coefficient (Wildman–Crippen LogP) is 4.45. The Morgan fingerprint density at radius 1 is 1.21 bits per heavy atom. The van der Waals surface area contributed by atoms with Crippen LogP contribution in [0.25, 0.3) is 11.0 Å². The van der Waals surface area contributed by atoms with Crippen molar-refractivity contribution in [3.63, 3.8) is 0 Å². The van der Waals surface area contributed by atoms with Gasteiger partial charge in [0, 0.05) is 5.56 Å². The molecule has 1 heterocycles. The number of hydrogen-bond acceptors (Lipinski definition) is 4. The molecule has 24 heavy (non-hydrogen) atoms. The van der Waals surface area contributed by atoms with Crippen molar-refractivity contribution in [2.24, 2.45) is 0 Å². The molecule has 1 aromatic heterocycles. The van der Waals surface area contributed by atoms with E-state index in [0.29, 0.717) is 16.0 Å². The first-order valence-corrected chi connectivity index (χ1v) is 7.83. The van der Waals surface area contributed by atoms with E-state index in [4.69, 9.17) is 16.0 Å². The Hall–Kier alpha value is -2.59. The lowest BCUT2D eigenvalue weighted by Gasteiger charge is -2.13. The number of benzene rings is 2. The highest BCUT2D eigenvalue weighted by atomic mass is 35.5. The van der Waals surface area contributed by atoms with Gasteiger partial charge in [-0.25, -0.2) is 4.79 Å². The fourth-order valence-corrected chi connectivity index (χ4v) is 3.04.